The van der Waals surface area contributed by atoms with Gasteiger partial charge in [0.1, 0.15) is 12.1 Å². The Balaban J connectivity index is 3.60. The standard InChI is InChI=1S/C14H16F6N2O4/c1-5(2)7-9(23)22(12(26)14(18,19)20)8(6(3)4)10(24)21(7)11(25)13(15,16)17/h5-8H,1-4H3. The Morgan fingerprint density at radius 1 is 0.731 bits per heavy atom. The predicted octanol–water partition coefficient (Wildman–Crippen LogP) is 1.88. The van der Waals surface area contributed by atoms with Crippen molar-refractivity contribution in [2.45, 2.75) is 52.1 Å². The molecule has 148 valence electrons. The van der Waals surface area contributed by atoms with Crippen molar-refractivity contribution in [2.24, 2.45) is 11.8 Å². The van der Waals surface area contributed by atoms with Crippen LogP contribution in [0.15, 0.2) is 0 Å². The Bertz CT molecular complexity index is 572. The maximum atomic E-state index is 12.8. The molecule has 2 unspecified atom stereocenters. The van der Waals surface area contributed by atoms with Crippen LogP contribution < -0.4 is 0 Å². The van der Waals surface area contributed by atoms with Gasteiger partial charge in [0, 0.05) is 0 Å². The van der Waals surface area contributed by atoms with E-state index in [2.05, 4.69) is 0 Å². The average molecular weight is 390 g/mol. The molecule has 6 nitrogen and oxygen atoms in total. The Kier molecular flexibility index (Phi) is 5.79. The number of carbonyl (C=O) groups is 4. The van der Waals surface area contributed by atoms with E-state index in [0.717, 1.165) is 27.7 Å². The lowest BCUT2D eigenvalue weighted by atomic mass is 9.90. The largest absolute Gasteiger partial charge is 0.471 e. The van der Waals surface area contributed by atoms with E-state index in [4.69, 9.17) is 0 Å². The topological polar surface area (TPSA) is 74.8 Å². The summed E-state index contributed by atoms with van der Waals surface area (Å²) in [5, 5.41) is 0. The highest BCUT2D eigenvalue weighted by molar-refractivity contribution is 6.13. The van der Waals surface area contributed by atoms with Crippen molar-refractivity contribution >= 4 is 23.6 Å². The van der Waals surface area contributed by atoms with Crippen LogP contribution in [0.3, 0.4) is 0 Å². The molecule has 0 N–H and O–H groups in total. The van der Waals surface area contributed by atoms with E-state index < -0.39 is 59.9 Å². The molecular weight excluding hydrogens is 374 g/mol. The minimum absolute atomic E-state index is 0.377. The molecule has 1 aliphatic heterocycles. The van der Waals surface area contributed by atoms with Crippen LogP contribution in [0.5, 0.6) is 0 Å². The van der Waals surface area contributed by atoms with E-state index >= 15 is 0 Å². The van der Waals surface area contributed by atoms with Crippen LogP contribution in [0, 0.1) is 11.8 Å². The van der Waals surface area contributed by atoms with Crippen molar-refractivity contribution < 1.29 is 45.5 Å². The van der Waals surface area contributed by atoms with Gasteiger partial charge < -0.3 is 0 Å². The second kappa shape index (κ2) is 6.88. The molecule has 0 aromatic rings. The fourth-order valence-electron chi connectivity index (χ4n) is 2.67. The molecule has 0 spiro atoms. The number of hydrogen-bond donors (Lipinski definition) is 0. The van der Waals surface area contributed by atoms with Crippen LogP contribution in [-0.2, 0) is 19.2 Å². The third kappa shape index (κ3) is 3.83. The highest BCUT2D eigenvalue weighted by Gasteiger charge is 2.60. The van der Waals surface area contributed by atoms with Gasteiger partial charge in [-0.15, -0.1) is 0 Å². The van der Waals surface area contributed by atoms with Gasteiger partial charge in [-0.3, -0.25) is 29.0 Å². The first kappa shape index (κ1) is 21.9. The van der Waals surface area contributed by atoms with Gasteiger partial charge in [0.25, 0.3) is 11.8 Å². The van der Waals surface area contributed by atoms with Crippen molar-refractivity contribution in [3.8, 4) is 0 Å². The van der Waals surface area contributed by atoms with Crippen molar-refractivity contribution in [1.29, 1.82) is 0 Å². The summed E-state index contributed by atoms with van der Waals surface area (Å²) in [5.41, 5.74) is 0. The molecule has 1 saturated heterocycles. The molecule has 0 aliphatic carbocycles. The zero-order chi connectivity index (χ0) is 20.8. The number of piperazine rings is 1. The summed E-state index contributed by atoms with van der Waals surface area (Å²) in [7, 11) is 0. The molecule has 12 heteroatoms. The summed E-state index contributed by atoms with van der Waals surface area (Å²) in [6, 6.07) is -4.36. The summed E-state index contributed by atoms with van der Waals surface area (Å²) in [6.07, 6.45) is -11.1. The summed E-state index contributed by atoms with van der Waals surface area (Å²) >= 11 is 0. The van der Waals surface area contributed by atoms with Crippen LogP contribution in [0.4, 0.5) is 26.3 Å². The van der Waals surface area contributed by atoms with Crippen LogP contribution >= 0.6 is 0 Å². The molecule has 0 aromatic carbocycles. The normalized spacial score (nSPS) is 22.5. The monoisotopic (exact) mass is 390 g/mol. The molecule has 0 radical (unpaired) electrons. The summed E-state index contributed by atoms with van der Waals surface area (Å²) in [6.45, 7) is 4.55. The van der Waals surface area contributed by atoms with Crippen molar-refractivity contribution in [1.82, 2.24) is 9.80 Å². The summed E-state index contributed by atoms with van der Waals surface area (Å²) in [4.78, 5) is 47.4. The quantitative estimate of drug-likeness (QED) is 0.675. The molecule has 1 heterocycles. The third-order valence-electron chi connectivity index (χ3n) is 3.72. The number of carbonyl (C=O) groups excluding carboxylic acids is 4. The van der Waals surface area contributed by atoms with Gasteiger partial charge in [-0.2, -0.15) is 26.3 Å². The zero-order valence-electron chi connectivity index (χ0n) is 14.1. The van der Waals surface area contributed by atoms with Crippen LogP contribution in [0.2, 0.25) is 0 Å². The first-order chi connectivity index (χ1) is 11.5. The Labute approximate surface area is 144 Å². The van der Waals surface area contributed by atoms with Gasteiger partial charge in [0.15, 0.2) is 0 Å². The molecule has 0 aromatic heterocycles. The average Bonchev–Trinajstić information content (AvgIpc) is 2.44. The highest BCUT2D eigenvalue weighted by atomic mass is 19.4. The van der Waals surface area contributed by atoms with Gasteiger partial charge in [0.2, 0.25) is 0 Å². The van der Waals surface area contributed by atoms with Gasteiger partial charge >= 0.3 is 24.2 Å². The van der Waals surface area contributed by atoms with E-state index in [1.165, 1.54) is 0 Å². The van der Waals surface area contributed by atoms with E-state index in [0.29, 0.717) is 0 Å². The first-order valence-electron chi connectivity index (χ1n) is 7.41. The highest BCUT2D eigenvalue weighted by Crippen LogP contribution is 2.33. The number of hydrogen-bond acceptors (Lipinski definition) is 4. The smallest absolute Gasteiger partial charge is 0.272 e. The Morgan fingerprint density at radius 2 is 0.962 bits per heavy atom. The fraction of sp³-hybridized carbons (Fsp3) is 0.714. The van der Waals surface area contributed by atoms with E-state index in [9.17, 15) is 45.5 Å². The lowest BCUT2D eigenvalue weighted by Crippen LogP contribution is -2.72. The molecule has 26 heavy (non-hydrogen) atoms. The molecular formula is C14H16F6N2O4. The lowest BCUT2D eigenvalue weighted by Gasteiger charge is -2.45. The molecule has 1 rings (SSSR count). The number of halogens is 6. The minimum atomic E-state index is -5.53. The maximum Gasteiger partial charge on any atom is 0.471 e. The second-order valence-electron chi connectivity index (χ2n) is 6.40. The maximum absolute atomic E-state index is 12.8. The Hall–Kier alpha value is -2.14. The molecule has 4 amide bonds. The number of amides is 4. The zero-order valence-corrected chi connectivity index (χ0v) is 14.1. The van der Waals surface area contributed by atoms with Crippen molar-refractivity contribution in [3.05, 3.63) is 0 Å². The van der Waals surface area contributed by atoms with Crippen LogP contribution in [0.25, 0.3) is 0 Å². The van der Waals surface area contributed by atoms with Crippen molar-refractivity contribution in [3.63, 3.8) is 0 Å². The second-order valence-corrected chi connectivity index (χ2v) is 6.40. The SMILES string of the molecule is CC(C)C1C(=O)N(C(=O)C(F)(F)F)C(C(C)C)C(=O)N1C(=O)C(F)(F)F. The van der Waals surface area contributed by atoms with Crippen LogP contribution in [-0.4, -0.2) is 57.9 Å². The molecule has 2 atom stereocenters. The van der Waals surface area contributed by atoms with E-state index in [1.807, 2.05) is 0 Å². The van der Waals surface area contributed by atoms with Crippen LogP contribution in [0.1, 0.15) is 27.7 Å². The number of imide groups is 2. The number of alkyl halides is 6. The summed E-state index contributed by atoms with van der Waals surface area (Å²) in [5.74, 6) is -11.0. The number of nitrogens with zero attached hydrogens (tertiary/aromatic N) is 2. The molecule has 0 saturated carbocycles. The van der Waals surface area contributed by atoms with Gasteiger partial charge in [-0.05, 0) is 11.8 Å². The molecule has 0 bridgehead atoms. The molecule has 1 aliphatic rings. The predicted molar refractivity (Wildman–Crippen MR) is 73.1 cm³/mol. The summed E-state index contributed by atoms with van der Waals surface area (Å²) < 4.78 is 77.0. The lowest BCUT2D eigenvalue weighted by molar-refractivity contribution is -0.206. The van der Waals surface area contributed by atoms with Crippen molar-refractivity contribution in [2.75, 3.05) is 0 Å². The first-order valence-corrected chi connectivity index (χ1v) is 7.41. The van der Waals surface area contributed by atoms with E-state index in [1.54, 1.807) is 0 Å². The van der Waals surface area contributed by atoms with Gasteiger partial charge in [-0.25, -0.2) is 0 Å². The minimum Gasteiger partial charge on any atom is -0.272 e. The van der Waals surface area contributed by atoms with E-state index in [-0.39, 0.29) is 9.80 Å². The Morgan fingerprint density at radius 3 is 1.12 bits per heavy atom. The van der Waals surface area contributed by atoms with Gasteiger partial charge in [-0.1, -0.05) is 27.7 Å². The van der Waals surface area contributed by atoms with Gasteiger partial charge in [0.05, 0.1) is 0 Å². The molecule has 1 fully saturated rings. The number of rotatable bonds is 2. The third-order valence-corrected chi connectivity index (χ3v) is 3.72. The fourth-order valence-corrected chi connectivity index (χ4v) is 2.67.